The van der Waals surface area contributed by atoms with Crippen LogP contribution < -0.4 is 14.8 Å². The van der Waals surface area contributed by atoms with Gasteiger partial charge in [0.2, 0.25) is 10.0 Å². The molecule has 6 nitrogen and oxygen atoms in total. The summed E-state index contributed by atoms with van der Waals surface area (Å²) >= 11 is 0. The van der Waals surface area contributed by atoms with Crippen LogP contribution in [0.4, 0.5) is 11.4 Å². The minimum absolute atomic E-state index is 0.432. The largest absolute Gasteiger partial charge is 0.497 e. The Morgan fingerprint density at radius 1 is 1.17 bits per heavy atom. The molecular weight excluding hydrogens is 398 g/mol. The molecule has 0 aromatic heterocycles. The zero-order valence-corrected chi connectivity index (χ0v) is 18.7. The number of anilines is 2. The molecular formula is C23H27N3O3S. The lowest BCUT2D eigenvalue weighted by Crippen LogP contribution is -2.09. The van der Waals surface area contributed by atoms with E-state index in [1.807, 2.05) is 32.9 Å². The Labute approximate surface area is 179 Å². The Bertz CT molecular complexity index is 1070. The molecule has 0 spiro atoms. The Kier molecular flexibility index (Phi) is 10.0. The van der Waals surface area contributed by atoms with E-state index in [9.17, 15) is 13.7 Å². The SMILES string of the molecule is CC.CCNc1cc(OC)ccc1/C(C#N)=C/C#Cc1ccc(NS(C)(=O)=O)cc1. The summed E-state index contributed by atoms with van der Waals surface area (Å²) in [6.07, 6.45) is 2.65. The summed E-state index contributed by atoms with van der Waals surface area (Å²) in [5.41, 5.74) is 3.14. The summed E-state index contributed by atoms with van der Waals surface area (Å²) in [4.78, 5) is 0. The third-order valence-electron chi connectivity index (χ3n) is 3.63. The predicted octanol–water partition coefficient (Wildman–Crippen LogP) is 4.48. The van der Waals surface area contributed by atoms with Crippen molar-refractivity contribution in [2.45, 2.75) is 20.8 Å². The molecule has 0 heterocycles. The average Bonchev–Trinajstić information content (AvgIpc) is 2.73. The predicted molar refractivity (Wildman–Crippen MR) is 124 cm³/mol. The maximum atomic E-state index is 11.2. The van der Waals surface area contributed by atoms with Crippen LogP contribution in [0.3, 0.4) is 0 Å². The summed E-state index contributed by atoms with van der Waals surface area (Å²) in [5, 5.41) is 12.8. The molecule has 0 fully saturated rings. The molecule has 0 bridgehead atoms. The molecule has 0 radical (unpaired) electrons. The Hall–Kier alpha value is -3.42. The highest BCUT2D eigenvalue weighted by Crippen LogP contribution is 2.28. The van der Waals surface area contributed by atoms with E-state index in [2.05, 4.69) is 27.9 Å². The maximum absolute atomic E-state index is 11.2. The van der Waals surface area contributed by atoms with Gasteiger partial charge in [0.25, 0.3) is 0 Å². The topological polar surface area (TPSA) is 91.2 Å². The fourth-order valence-corrected chi connectivity index (χ4v) is 2.98. The fourth-order valence-electron chi connectivity index (χ4n) is 2.42. The number of allylic oxidation sites excluding steroid dienone is 2. The van der Waals surface area contributed by atoms with E-state index in [-0.39, 0.29) is 0 Å². The monoisotopic (exact) mass is 425 g/mol. The minimum Gasteiger partial charge on any atom is -0.497 e. The molecule has 2 aromatic carbocycles. The normalized spacial score (nSPS) is 10.5. The molecule has 30 heavy (non-hydrogen) atoms. The van der Waals surface area contributed by atoms with Crippen molar-refractivity contribution in [3.63, 3.8) is 0 Å². The number of benzene rings is 2. The lowest BCUT2D eigenvalue weighted by atomic mass is 10.0. The van der Waals surface area contributed by atoms with Crippen molar-refractivity contribution in [1.29, 1.82) is 5.26 Å². The number of ether oxygens (including phenoxy) is 1. The van der Waals surface area contributed by atoms with E-state index in [4.69, 9.17) is 4.74 Å². The molecule has 0 amide bonds. The number of methoxy groups -OCH3 is 1. The van der Waals surface area contributed by atoms with Crippen molar-refractivity contribution >= 4 is 27.0 Å². The van der Waals surface area contributed by atoms with Gasteiger partial charge in [0.05, 0.1) is 18.9 Å². The number of nitrogens with one attached hydrogen (secondary N) is 2. The Morgan fingerprint density at radius 3 is 2.37 bits per heavy atom. The van der Waals surface area contributed by atoms with Gasteiger partial charge in [-0.2, -0.15) is 5.26 Å². The second-order valence-electron chi connectivity index (χ2n) is 5.83. The molecule has 158 valence electrons. The number of nitrogens with zero attached hydrogens (tertiary/aromatic N) is 1. The van der Waals surface area contributed by atoms with Crippen molar-refractivity contribution in [2.75, 3.05) is 29.9 Å². The smallest absolute Gasteiger partial charge is 0.229 e. The van der Waals surface area contributed by atoms with E-state index >= 15 is 0 Å². The lowest BCUT2D eigenvalue weighted by molar-refractivity contribution is 0.415. The molecule has 2 aromatic rings. The van der Waals surface area contributed by atoms with Gasteiger partial charge in [0.1, 0.15) is 11.8 Å². The first-order chi connectivity index (χ1) is 14.4. The van der Waals surface area contributed by atoms with Gasteiger partial charge in [-0.15, -0.1) is 0 Å². The second kappa shape index (κ2) is 12.2. The van der Waals surface area contributed by atoms with Crippen molar-refractivity contribution < 1.29 is 13.2 Å². The first kappa shape index (κ1) is 24.6. The van der Waals surface area contributed by atoms with E-state index in [0.29, 0.717) is 29.1 Å². The van der Waals surface area contributed by atoms with E-state index in [1.165, 1.54) is 0 Å². The van der Waals surface area contributed by atoms with E-state index in [0.717, 1.165) is 17.5 Å². The Balaban J connectivity index is 0.00000218. The molecule has 0 aliphatic rings. The zero-order valence-electron chi connectivity index (χ0n) is 17.9. The van der Waals surface area contributed by atoms with Gasteiger partial charge >= 0.3 is 0 Å². The quantitative estimate of drug-likeness (QED) is 0.526. The van der Waals surface area contributed by atoms with Gasteiger partial charge in [-0.05, 0) is 43.3 Å². The molecule has 0 unspecified atom stereocenters. The maximum Gasteiger partial charge on any atom is 0.229 e. The first-order valence-electron chi connectivity index (χ1n) is 9.48. The van der Waals surface area contributed by atoms with Crippen LogP contribution in [0.25, 0.3) is 5.57 Å². The lowest BCUT2D eigenvalue weighted by Gasteiger charge is -2.11. The van der Waals surface area contributed by atoms with Crippen molar-refractivity contribution in [2.24, 2.45) is 0 Å². The number of hydrogen-bond donors (Lipinski definition) is 2. The molecule has 2 rings (SSSR count). The van der Waals surface area contributed by atoms with Gasteiger partial charge in [-0.1, -0.05) is 25.7 Å². The van der Waals surface area contributed by atoms with Crippen LogP contribution in [0.1, 0.15) is 31.9 Å². The van der Waals surface area contributed by atoms with Gasteiger partial charge in [-0.25, -0.2) is 8.42 Å². The molecule has 0 aliphatic heterocycles. The molecule has 7 heteroatoms. The van der Waals surface area contributed by atoms with E-state index in [1.54, 1.807) is 43.5 Å². The zero-order chi connectivity index (χ0) is 22.6. The number of rotatable bonds is 6. The molecule has 0 aliphatic carbocycles. The van der Waals surface area contributed by atoms with Gasteiger partial charge in [0, 0.05) is 41.2 Å². The summed E-state index contributed by atoms with van der Waals surface area (Å²) < 4.78 is 30.1. The summed E-state index contributed by atoms with van der Waals surface area (Å²) in [5.74, 6) is 6.53. The number of sulfonamides is 1. The average molecular weight is 426 g/mol. The summed E-state index contributed by atoms with van der Waals surface area (Å²) in [6, 6.07) is 14.3. The van der Waals surface area contributed by atoms with Crippen molar-refractivity contribution in [3.05, 3.63) is 59.7 Å². The third kappa shape index (κ3) is 7.90. The molecule has 0 saturated carbocycles. The highest BCUT2D eigenvalue weighted by atomic mass is 32.2. The van der Waals surface area contributed by atoms with Gasteiger partial charge < -0.3 is 10.1 Å². The molecule has 0 saturated heterocycles. The standard InChI is InChI=1S/C21H21N3O3S.C2H6/c1-4-23-21-14-19(27-2)12-13-20(21)17(15-22)7-5-6-16-8-10-18(11-9-16)24-28(3,25)26;1-2/h7-14,23-24H,4H2,1-3H3;1-2H3/b17-7+;. The van der Waals surface area contributed by atoms with Crippen molar-refractivity contribution in [1.82, 2.24) is 0 Å². The van der Waals surface area contributed by atoms with Crippen molar-refractivity contribution in [3.8, 4) is 23.7 Å². The van der Waals surface area contributed by atoms with Crippen LogP contribution in [0.15, 0.2) is 48.5 Å². The minimum atomic E-state index is -3.31. The molecule has 0 atom stereocenters. The molecule has 2 N–H and O–H groups in total. The summed E-state index contributed by atoms with van der Waals surface area (Å²) in [6.45, 7) is 6.68. The van der Waals surface area contributed by atoms with Crippen LogP contribution in [0.5, 0.6) is 5.75 Å². The number of nitriles is 1. The van der Waals surface area contributed by atoms with Crippen LogP contribution in [-0.4, -0.2) is 28.3 Å². The van der Waals surface area contributed by atoms with Gasteiger partial charge in [-0.3, -0.25) is 4.72 Å². The number of hydrogen-bond acceptors (Lipinski definition) is 5. The van der Waals surface area contributed by atoms with Crippen LogP contribution in [0, 0.1) is 23.2 Å². The van der Waals surface area contributed by atoms with Gasteiger partial charge in [0.15, 0.2) is 0 Å². The van der Waals surface area contributed by atoms with Crippen LogP contribution >= 0.6 is 0 Å². The fraction of sp³-hybridized carbons (Fsp3) is 0.261. The van der Waals surface area contributed by atoms with Crippen LogP contribution in [0.2, 0.25) is 0 Å². The highest BCUT2D eigenvalue weighted by molar-refractivity contribution is 7.92. The second-order valence-corrected chi connectivity index (χ2v) is 7.58. The Morgan fingerprint density at radius 2 is 1.83 bits per heavy atom. The highest BCUT2D eigenvalue weighted by Gasteiger charge is 2.08. The van der Waals surface area contributed by atoms with Crippen LogP contribution in [-0.2, 0) is 10.0 Å². The third-order valence-corrected chi connectivity index (χ3v) is 4.23. The summed E-state index contributed by atoms with van der Waals surface area (Å²) in [7, 11) is -1.72. The van der Waals surface area contributed by atoms with E-state index < -0.39 is 10.0 Å². The first-order valence-corrected chi connectivity index (χ1v) is 11.4.